The molecule has 2 aromatic rings. The zero-order chi connectivity index (χ0) is 17.7. The highest BCUT2D eigenvalue weighted by Crippen LogP contribution is 2.20. The Bertz CT molecular complexity index is 764. The highest BCUT2D eigenvalue weighted by atomic mass is 35.5. The maximum Gasteiger partial charge on any atom is 0.255 e. The monoisotopic (exact) mass is 388 g/mol. The molecule has 0 spiro atoms. The minimum atomic E-state index is -0.713. The summed E-state index contributed by atoms with van der Waals surface area (Å²) in [6, 6.07) is 8.49. The summed E-state index contributed by atoms with van der Waals surface area (Å²) in [5, 5.41) is 5.72. The topological polar surface area (TPSA) is 58.2 Å². The van der Waals surface area contributed by atoms with Crippen LogP contribution in [0.4, 0.5) is 4.39 Å². The highest BCUT2D eigenvalue weighted by molar-refractivity contribution is 6.35. The molecule has 0 aliphatic rings. The van der Waals surface area contributed by atoms with Crippen molar-refractivity contribution in [2.24, 2.45) is 0 Å². The summed E-state index contributed by atoms with van der Waals surface area (Å²) in [5.74, 6) is -1.80. The van der Waals surface area contributed by atoms with E-state index in [2.05, 4.69) is 10.6 Å². The van der Waals surface area contributed by atoms with E-state index in [-0.39, 0.29) is 34.3 Å². The first-order valence-electron chi connectivity index (χ1n) is 6.85. The smallest absolute Gasteiger partial charge is 0.255 e. The van der Waals surface area contributed by atoms with E-state index in [1.165, 1.54) is 24.3 Å². The lowest BCUT2D eigenvalue weighted by Gasteiger charge is -2.09. The van der Waals surface area contributed by atoms with Crippen LogP contribution in [0.3, 0.4) is 0 Å². The molecule has 0 aromatic heterocycles. The van der Waals surface area contributed by atoms with Gasteiger partial charge in [0.25, 0.3) is 11.8 Å². The molecule has 0 aliphatic carbocycles. The molecule has 0 radical (unpaired) electrons. The maximum atomic E-state index is 13.6. The molecule has 24 heavy (non-hydrogen) atoms. The van der Waals surface area contributed by atoms with Crippen molar-refractivity contribution in [3.8, 4) is 0 Å². The molecule has 2 N–H and O–H groups in total. The molecule has 0 saturated carbocycles. The van der Waals surface area contributed by atoms with Crippen LogP contribution in [-0.2, 0) is 0 Å². The van der Waals surface area contributed by atoms with Gasteiger partial charge in [0.05, 0.1) is 21.2 Å². The molecule has 0 saturated heterocycles. The summed E-state index contributed by atoms with van der Waals surface area (Å²) in [5.41, 5.74) is -0.00368. The van der Waals surface area contributed by atoms with Crippen molar-refractivity contribution in [2.75, 3.05) is 13.1 Å². The molecule has 0 unspecified atom stereocenters. The number of carbonyl (C=O) groups excluding carboxylic acids is 2. The number of hydrogen-bond donors (Lipinski definition) is 2. The second-order valence-corrected chi connectivity index (χ2v) is 5.98. The van der Waals surface area contributed by atoms with Crippen LogP contribution < -0.4 is 10.6 Å². The van der Waals surface area contributed by atoms with Gasteiger partial charge in [-0.2, -0.15) is 0 Å². The Balaban J connectivity index is 1.88. The first-order valence-corrected chi connectivity index (χ1v) is 7.99. The SMILES string of the molecule is O=C(NCCNC(=O)c1c(F)cccc1Cl)c1cc(Cl)ccc1Cl. The van der Waals surface area contributed by atoms with Crippen molar-refractivity contribution in [1.82, 2.24) is 10.6 Å². The second-order valence-electron chi connectivity index (χ2n) is 4.73. The lowest BCUT2D eigenvalue weighted by molar-refractivity contribution is 0.0925. The van der Waals surface area contributed by atoms with E-state index >= 15 is 0 Å². The lowest BCUT2D eigenvalue weighted by atomic mass is 10.2. The molecule has 8 heteroatoms. The summed E-state index contributed by atoms with van der Waals surface area (Å²) < 4.78 is 13.6. The van der Waals surface area contributed by atoms with Crippen molar-refractivity contribution >= 4 is 46.6 Å². The van der Waals surface area contributed by atoms with Crippen molar-refractivity contribution in [1.29, 1.82) is 0 Å². The van der Waals surface area contributed by atoms with Crippen LogP contribution in [0.1, 0.15) is 20.7 Å². The van der Waals surface area contributed by atoms with Gasteiger partial charge in [0.2, 0.25) is 0 Å². The van der Waals surface area contributed by atoms with E-state index in [1.54, 1.807) is 6.07 Å². The number of nitrogens with one attached hydrogen (secondary N) is 2. The number of hydrogen-bond acceptors (Lipinski definition) is 2. The highest BCUT2D eigenvalue weighted by Gasteiger charge is 2.15. The summed E-state index contributed by atoms with van der Waals surface area (Å²) in [7, 11) is 0. The second kappa shape index (κ2) is 8.33. The summed E-state index contributed by atoms with van der Waals surface area (Å²) in [6.45, 7) is 0.215. The predicted molar refractivity (Wildman–Crippen MR) is 92.5 cm³/mol. The van der Waals surface area contributed by atoms with Crippen LogP contribution in [-0.4, -0.2) is 24.9 Å². The Labute approximate surface area is 152 Å². The van der Waals surface area contributed by atoms with Crippen LogP contribution in [0.2, 0.25) is 15.1 Å². The Morgan fingerprint density at radius 3 is 2.25 bits per heavy atom. The molecule has 126 valence electrons. The van der Waals surface area contributed by atoms with Gasteiger partial charge < -0.3 is 10.6 Å². The van der Waals surface area contributed by atoms with Gasteiger partial charge in [0.15, 0.2) is 0 Å². The Kier molecular flexibility index (Phi) is 6.43. The van der Waals surface area contributed by atoms with Crippen LogP contribution in [0, 0.1) is 5.82 Å². The fourth-order valence-corrected chi connectivity index (χ4v) is 2.55. The van der Waals surface area contributed by atoms with Gasteiger partial charge >= 0.3 is 0 Å². The molecule has 0 aliphatic heterocycles. The molecule has 0 bridgehead atoms. The molecule has 2 aromatic carbocycles. The molecule has 0 atom stereocenters. The molecular weight excluding hydrogens is 378 g/mol. The van der Waals surface area contributed by atoms with E-state index in [4.69, 9.17) is 34.8 Å². The number of amides is 2. The Hall–Kier alpha value is -1.82. The predicted octanol–water partition coefficient (Wildman–Crippen LogP) is 3.95. The van der Waals surface area contributed by atoms with Gasteiger partial charge in [0.1, 0.15) is 5.82 Å². The summed E-state index contributed by atoms with van der Waals surface area (Å²) in [4.78, 5) is 23.9. The molecule has 2 amide bonds. The van der Waals surface area contributed by atoms with Crippen molar-refractivity contribution < 1.29 is 14.0 Å². The third-order valence-corrected chi connectivity index (χ3v) is 3.94. The van der Waals surface area contributed by atoms with Gasteiger partial charge in [-0.3, -0.25) is 9.59 Å². The van der Waals surface area contributed by atoms with Crippen LogP contribution in [0.25, 0.3) is 0 Å². The minimum Gasteiger partial charge on any atom is -0.350 e. The van der Waals surface area contributed by atoms with Crippen LogP contribution in [0.15, 0.2) is 36.4 Å². The van der Waals surface area contributed by atoms with Crippen LogP contribution >= 0.6 is 34.8 Å². The first kappa shape index (κ1) is 18.5. The number of benzene rings is 2. The van der Waals surface area contributed by atoms with E-state index < -0.39 is 17.6 Å². The Morgan fingerprint density at radius 1 is 0.917 bits per heavy atom. The zero-order valence-electron chi connectivity index (χ0n) is 12.2. The quantitative estimate of drug-likeness (QED) is 0.761. The van der Waals surface area contributed by atoms with Gasteiger partial charge in [-0.25, -0.2) is 4.39 Å². The largest absolute Gasteiger partial charge is 0.350 e. The van der Waals surface area contributed by atoms with Gasteiger partial charge in [-0.05, 0) is 30.3 Å². The van der Waals surface area contributed by atoms with Gasteiger partial charge in [-0.1, -0.05) is 40.9 Å². The van der Waals surface area contributed by atoms with Crippen molar-refractivity contribution in [2.45, 2.75) is 0 Å². The van der Waals surface area contributed by atoms with Crippen molar-refractivity contribution in [3.63, 3.8) is 0 Å². The number of carbonyl (C=O) groups is 2. The standard InChI is InChI=1S/C16H12Cl3FN2O2/c17-9-4-5-11(18)10(8-9)15(23)21-6-7-22-16(24)14-12(19)2-1-3-13(14)20/h1-5,8H,6-7H2,(H,21,23)(H,22,24). The third kappa shape index (κ3) is 4.60. The van der Waals surface area contributed by atoms with E-state index in [0.29, 0.717) is 5.02 Å². The third-order valence-electron chi connectivity index (χ3n) is 3.06. The van der Waals surface area contributed by atoms with E-state index in [1.807, 2.05) is 0 Å². The average molecular weight is 390 g/mol. The minimum absolute atomic E-state index is 0.0160. The first-order chi connectivity index (χ1) is 11.4. The van der Waals surface area contributed by atoms with E-state index in [0.717, 1.165) is 6.07 Å². The Morgan fingerprint density at radius 2 is 1.58 bits per heavy atom. The van der Waals surface area contributed by atoms with E-state index in [9.17, 15) is 14.0 Å². The molecule has 2 rings (SSSR count). The average Bonchev–Trinajstić information content (AvgIpc) is 2.53. The maximum absolute atomic E-state index is 13.6. The molecular formula is C16H12Cl3FN2O2. The summed E-state index contributed by atoms with van der Waals surface area (Å²) in [6.07, 6.45) is 0. The summed E-state index contributed by atoms with van der Waals surface area (Å²) >= 11 is 17.5. The van der Waals surface area contributed by atoms with Crippen LogP contribution in [0.5, 0.6) is 0 Å². The number of rotatable bonds is 5. The lowest BCUT2D eigenvalue weighted by Crippen LogP contribution is -2.35. The van der Waals surface area contributed by atoms with Gasteiger partial charge in [0, 0.05) is 18.1 Å². The fourth-order valence-electron chi connectivity index (χ4n) is 1.92. The fraction of sp³-hybridized carbons (Fsp3) is 0.125. The normalized spacial score (nSPS) is 10.3. The number of halogens is 4. The molecule has 0 fully saturated rings. The molecule has 4 nitrogen and oxygen atoms in total. The van der Waals surface area contributed by atoms with Crippen molar-refractivity contribution in [3.05, 3.63) is 68.4 Å². The zero-order valence-corrected chi connectivity index (χ0v) is 14.5. The molecule has 0 heterocycles. The van der Waals surface area contributed by atoms with Gasteiger partial charge in [-0.15, -0.1) is 0 Å².